The molecular formula is C19H20FN3O. The lowest BCUT2D eigenvalue weighted by Crippen LogP contribution is -2.19. The van der Waals surface area contributed by atoms with Crippen LogP contribution in [0, 0.1) is 12.7 Å². The number of hydrogen-bond donors (Lipinski definition) is 1. The second-order valence-corrected chi connectivity index (χ2v) is 6.24. The van der Waals surface area contributed by atoms with Gasteiger partial charge in [-0.15, -0.1) is 0 Å². The second kappa shape index (κ2) is 6.24. The molecule has 1 aliphatic heterocycles. The molecular weight excluding hydrogens is 305 g/mol. The van der Waals surface area contributed by atoms with E-state index in [-0.39, 0.29) is 11.9 Å². The van der Waals surface area contributed by atoms with E-state index < -0.39 is 0 Å². The van der Waals surface area contributed by atoms with Gasteiger partial charge in [-0.05, 0) is 49.6 Å². The number of halogens is 1. The number of ether oxygens (including phenoxy) is 1. The van der Waals surface area contributed by atoms with Gasteiger partial charge in [0.15, 0.2) is 0 Å². The van der Waals surface area contributed by atoms with E-state index >= 15 is 0 Å². The molecule has 4 nitrogen and oxygen atoms in total. The number of fused-ring (bicyclic) bond motifs is 1. The van der Waals surface area contributed by atoms with Crippen molar-refractivity contribution in [1.29, 1.82) is 0 Å². The molecule has 5 heteroatoms. The number of aryl methyl sites for hydroxylation is 1. The average Bonchev–Trinajstić information content (AvgIpc) is 3.20. The molecule has 1 atom stereocenters. The number of nitrogens with zero attached hydrogens (tertiary/aromatic N) is 2. The fourth-order valence-corrected chi connectivity index (χ4v) is 3.17. The Balaban J connectivity index is 1.78. The Morgan fingerprint density at radius 2 is 2.21 bits per heavy atom. The van der Waals surface area contributed by atoms with Gasteiger partial charge in [0.2, 0.25) is 0 Å². The van der Waals surface area contributed by atoms with Crippen molar-refractivity contribution in [2.75, 3.05) is 18.5 Å². The van der Waals surface area contributed by atoms with E-state index in [1.54, 1.807) is 12.1 Å². The molecule has 0 aliphatic carbocycles. The fourth-order valence-electron chi connectivity index (χ4n) is 3.17. The van der Waals surface area contributed by atoms with Gasteiger partial charge in [-0.25, -0.2) is 9.37 Å². The quantitative estimate of drug-likeness (QED) is 0.787. The molecule has 4 rings (SSSR count). The van der Waals surface area contributed by atoms with E-state index in [1.807, 2.05) is 35.7 Å². The first kappa shape index (κ1) is 15.1. The minimum atomic E-state index is -0.266. The molecule has 0 amide bonds. The number of aromatic nitrogens is 2. The normalized spacial score (nSPS) is 17.5. The molecule has 3 heterocycles. The van der Waals surface area contributed by atoms with Crippen LogP contribution in [0.1, 0.15) is 18.4 Å². The van der Waals surface area contributed by atoms with Gasteiger partial charge < -0.3 is 10.1 Å². The van der Waals surface area contributed by atoms with E-state index in [4.69, 9.17) is 4.74 Å². The van der Waals surface area contributed by atoms with Crippen molar-refractivity contribution >= 4 is 11.5 Å². The summed E-state index contributed by atoms with van der Waals surface area (Å²) in [5.74, 6) is 0.545. The van der Waals surface area contributed by atoms with Crippen molar-refractivity contribution in [3.63, 3.8) is 0 Å². The Morgan fingerprint density at radius 3 is 3.00 bits per heavy atom. The number of hydrogen-bond acceptors (Lipinski definition) is 3. The summed E-state index contributed by atoms with van der Waals surface area (Å²) in [6.45, 7) is 3.54. The molecule has 3 aromatic rings. The summed E-state index contributed by atoms with van der Waals surface area (Å²) in [5.41, 5.74) is 3.08. The first-order valence-electron chi connectivity index (χ1n) is 8.31. The molecule has 124 valence electrons. The van der Waals surface area contributed by atoms with Crippen molar-refractivity contribution in [2.24, 2.45) is 0 Å². The van der Waals surface area contributed by atoms with Gasteiger partial charge in [0.1, 0.15) is 23.0 Å². The SMILES string of the molecule is Cc1ccn2c(NCC3CCCO3)c(-c3ccccc3F)nc2c1. The third kappa shape index (κ3) is 2.76. The summed E-state index contributed by atoms with van der Waals surface area (Å²) >= 11 is 0. The lowest BCUT2D eigenvalue weighted by Gasteiger charge is -2.13. The molecule has 1 saturated heterocycles. The van der Waals surface area contributed by atoms with Gasteiger partial charge in [0.25, 0.3) is 0 Å². The zero-order chi connectivity index (χ0) is 16.5. The van der Waals surface area contributed by atoms with Gasteiger partial charge in [-0.2, -0.15) is 0 Å². The number of pyridine rings is 1. The Bertz CT molecular complexity index is 868. The first-order chi connectivity index (χ1) is 11.7. The van der Waals surface area contributed by atoms with E-state index in [1.165, 1.54) is 6.07 Å². The van der Waals surface area contributed by atoms with Gasteiger partial charge in [0.05, 0.1) is 6.10 Å². The standard InChI is InChI=1S/C19H20FN3O/c1-13-8-9-23-17(11-13)22-18(15-6-2-3-7-16(15)20)19(23)21-12-14-5-4-10-24-14/h2-3,6-9,11,14,21H,4-5,10,12H2,1H3. The van der Waals surface area contributed by atoms with Crippen LogP contribution < -0.4 is 5.32 Å². The van der Waals surface area contributed by atoms with Crippen LogP contribution >= 0.6 is 0 Å². The number of benzene rings is 1. The zero-order valence-electron chi connectivity index (χ0n) is 13.6. The second-order valence-electron chi connectivity index (χ2n) is 6.24. The van der Waals surface area contributed by atoms with Crippen LogP contribution in [0.15, 0.2) is 42.6 Å². The summed E-state index contributed by atoms with van der Waals surface area (Å²) in [7, 11) is 0. The first-order valence-corrected chi connectivity index (χ1v) is 8.31. The molecule has 1 aromatic carbocycles. The number of nitrogens with one attached hydrogen (secondary N) is 1. The Kier molecular flexibility index (Phi) is 3.94. The lowest BCUT2D eigenvalue weighted by molar-refractivity contribution is 0.120. The Labute approximate surface area is 140 Å². The highest BCUT2D eigenvalue weighted by Gasteiger charge is 2.20. The van der Waals surface area contributed by atoms with Gasteiger partial charge in [-0.1, -0.05) is 12.1 Å². The summed E-state index contributed by atoms with van der Waals surface area (Å²) in [5, 5.41) is 3.43. The highest BCUT2D eigenvalue weighted by molar-refractivity contribution is 5.77. The minimum Gasteiger partial charge on any atom is -0.376 e. The van der Waals surface area contributed by atoms with Crippen LogP contribution in [0.4, 0.5) is 10.2 Å². The van der Waals surface area contributed by atoms with Gasteiger partial charge in [0, 0.05) is 24.9 Å². The molecule has 0 saturated carbocycles. The van der Waals surface area contributed by atoms with Crippen LogP contribution in [0.2, 0.25) is 0 Å². The van der Waals surface area contributed by atoms with Crippen LogP contribution in [0.5, 0.6) is 0 Å². The van der Waals surface area contributed by atoms with Gasteiger partial charge >= 0.3 is 0 Å². The molecule has 0 bridgehead atoms. The molecule has 0 spiro atoms. The molecule has 24 heavy (non-hydrogen) atoms. The van der Waals surface area contributed by atoms with Crippen LogP contribution in [-0.4, -0.2) is 28.6 Å². The molecule has 1 N–H and O–H groups in total. The highest BCUT2D eigenvalue weighted by atomic mass is 19.1. The van der Waals surface area contributed by atoms with Crippen molar-refractivity contribution in [3.8, 4) is 11.3 Å². The van der Waals surface area contributed by atoms with E-state index in [0.29, 0.717) is 17.8 Å². The minimum absolute atomic E-state index is 0.203. The zero-order valence-corrected chi connectivity index (χ0v) is 13.6. The Hall–Kier alpha value is -2.40. The molecule has 2 aromatic heterocycles. The predicted molar refractivity (Wildman–Crippen MR) is 92.8 cm³/mol. The lowest BCUT2D eigenvalue weighted by atomic mass is 10.1. The van der Waals surface area contributed by atoms with Crippen LogP contribution in [-0.2, 0) is 4.74 Å². The molecule has 1 fully saturated rings. The summed E-state index contributed by atoms with van der Waals surface area (Å²) in [6, 6.07) is 10.8. The van der Waals surface area contributed by atoms with Gasteiger partial charge in [-0.3, -0.25) is 4.40 Å². The predicted octanol–water partition coefficient (Wildman–Crippen LogP) is 4.04. The molecule has 1 aliphatic rings. The highest BCUT2D eigenvalue weighted by Crippen LogP contribution is 2.31. The number of imidazole rings is 1. The number of rotatable bonds is 4. The maximum atomic E-state index is 14.3. The van der Waals surface area contributed by atoms with Crippen molar-refractivity contribution in [1.82, 2.24) is 9.38 Å². The monoisotopic (exact) mass is 325 g/mol. The van der Waals surface area contributed by atoms with E-state index in [2.05, 4.69) is 10.3 Å². The third-order valence-corrected chi connectivity index (χ3v) is 4.43. The number of anilines is 1. The fraction of sp³-hybridized carbons (Fsp3) is 0.316. The topological polar surface area (TPSA) is 38.6 Å². The maximum Gasteiger partial charge on any atom is 0.139 e. The summed E-state index contributed by atoms with van der Waals surface area (Å²) < 4.78 is 22.0. The average molecular weight is 325 g/mol. The largest absolute Gasteiger partial charge is 0.376 e. The molecule has 0 radical (unpaired) electrons. The van der Waals surface area contributed by atoms with Crippen molar-refractivity contribution in [2.45, 2.75) is 25.9 Å². The van der Waals surface area contributed by atoms with Crippen molar-refractivity contribution < 1.29 is 9.13 Å². The van der Waals surface area contributed by atoms with E-state index in [0.717, 1.165) is 36.5 Å². The summed E-state index contributed by atoms with van der Waals surface area (Å²) in [4.78, 5) is 4.67. The van der Waals surface area contributed by atoms with E-state index in [9.17, 15) is 4.39 Å². The Morgan fingerprint density at radius 1 is 1.33 bits per heavy atom. The third-order valence-electron chi connectivity index (χ3n) is 4.43. The van der Waals surface area contributed by atoms with Crippen molar-refractivity contribution in [3.05, 3.63) is 54.0 Å². The smallest absolute Gasteiger partial charge is 0.139 e. The maximum absolute atomic E-state index is 14.3. The molecule has 1 unspecified atom stereocenters. The summed E-state index contributed by atoms with van der Waals surface area (Å²) in [6.07, 6.45) is 4.32. The van der Waals surface area contributed by atoms with Crippen LogP contribution in [0.25, 0.3) is 16.9 Å². The van der Waals surface area contributed by atoms with Crippen LogP contribution in [0.3, 0.4) is 0 Å².